The van der Waals surface area contributed by atoms with E-state index < -0.39 is 10.0 Å². The Morgan fingerprint density at radius 3 is 2.65 bits per heavy atom. The van der Waals surface area contributed by atoms with Crippen molar-refractivity contribution in [2.45, 2.75) is 17.7 Å². The van der Waals surface area contributed by atoms with Gasteiger partial charge in [-0.1, -0.05) is 0 Å². The lowest BCUT2D eigenvalue weighted by Gasteiger charge is -2.30. The van der Waals surface area contributed by atoms with E-state index in [2.05, 4.69) is 4.98 Å². The van der Waals surface area contributed by atoms with Gasteiger partial charge in [-0.05, 0) is 30.9 Å². The summed E-state index contributed by atoms with van der Waals surface area (Å²) < 4.78 is 26.0. The molecule has 2 heterocycles. The van der Waals surface area contributed by atoms with E-state index in [4.69, 9.17) is 11.6 Å². The van der Waals surface area contributed by atoms with Crippen LogP contribution in [0.2, 0.25) is 0 Å². The molecule has 0 saturated carbocycles. The summed E-state index contributed by atoms with van der Waals surface area (Å²) in [6, 6.07) is 3.22. The van der Waals surface area contributed by atoms with Crippen molar-refractivity contribution in [1.82, 2.24) is 9.29 Å². The van der Waals surface area contributed by atoms with Crippen LogP contribution in [0.15, 0.2) is 29.4 Å². The molecule has 2 rings (SSSR count). The molecule has 0 aromatic carbocycles. The van der Waals surface area contributed by atoms with Crippen LogP contribution in [-0.4, -0.2) is 36.7 Å². The van der Waals surface area contributed by atoms with Crippen LogP contribution >= 0.6 is 11.6 Å². The Labute approximate surface area is 107 Å². The largest absolute Gasteiger partial charge is 0.263 e. The van der Waals surface area contributed by atoms with Crippen molar-refractivity contribution in [3.8, 4) is 0 Å². The number of nitrogens with zero attached hydrogens (tertiary/aromatic N) is 2. The van der Waals surface area contributed by atoms with Gasteiger partial charge in [-0.3, -0.25) is 4.98 Å². The van der Waals surface area contributed by atoms with Gasteiger partial charge in [0.15, 0.2) is 0 Å². The van der Waals surface area contributed by atoms with Gasteiger partial charge < -0.3 is 0 Å². The summed E-state index contributed by atoms with van der Waals surface area (Å²) in [5, 5.41) is 0. The molecular formula is C11H15ClN2O2S. The first kappa shape index (κ1) is 12.8. The predicted octanol–water partition coefficient (Wildman–Crippen LogP) is 1.72. The second-order valence-corrected chi connectivity index (χ2v) is 6.44. The van der Waals surface area contributed by atoms with Crippen molar-refractivity contribution in [2.75, 3.05) is 19.0 Å². The molecule has 1 fully saturated rings. The lowest BCUT2D eigenvalue weighted by molar-refractivity contribution is 0.290. The standard InChI is InChI=1S/C11H15ClN2O2S/c12-8-10-3-6-14(7-4-10)17(15,16)11-2-1-5-13-9-11/h1-2,5,9-10H,3-4,6-8H2. The molecule has 1 saturated heterocycles. The summed E-state index contributed by atoms with van der Waals surface area (Å²) in [7, 11) is -3.37. The molecule has 4 nitrogen and oxygen atoms in total. The number of pyridine rings is 1. The first-order chi connectivity index (χ1) is 8.14. The molecule has 94 valence electrons. The summed E-state index contributed by atoms with van der Waals surface area (Å²) in [5.41, 5.74) is 0. The van der Waals surface area contributed by atoms with Gasteiger partial charge in [-0.15, -0.1) is 11.6 Å². The van der Waals surface area contributed by atoms with Crippen LogP contribution in [-0.2, 0) is 10.0 Å². The van der Waals surface area contributed by atoms with Crippen molar-refractivity contribution < 1.29 is 8.42 Å². The number of piperidine rings is 1. The highest BCUT2D eigenvalue weighted by molar-refractivity contribution is 7.89. The first-order valence-corrected chi connectivity index (χ1v) is 7.58. The molecule has 0 N–H and O–H groups in total. The molecule has 6 heteroatoms. The third-order valence-electron chi connectivity index (χ3n) is 3.06. The smallest absolute Gasteiger partial charge is 0.244 e. The highest BCUT2D eigenvalue weighted by Crippen LogP contribution is 2.23. The van der Waals surface area contributed by atoms with Crippen molar-refractivity contribution in [3.63, 3.8) is 0 Å². The van der Waals surface area contributed by atoms with Gasteiger partial charge in [0, 0.05) is 31.4 Å². The van der Waals surface area contributed by atoms with Crippen LogP contribution in [0.5, 0.6) is 0 Å². The third kappa shape index (κ3) is 2.78. The number of rotatable bonds is 3. The second kappa shape index (κ2) is 5.33. The van der Waals surface area contributed by atoms with Crippen LogP contribution in [0.1, 0.15) is 12.8 Å². The lowest BCUT2D eigenvalue weighted by Crippen LogP contribution is -2.38. The van der Waals surface area contributed by atoms with Crippen LogP contribution in [0.4, 0.5) is 0 Å². The minimum absolute atomic E-state index is 0.268. The Kier molecular flexibility index (Phi) is 4.01. The van der Waals surface area contributed by atoms with E-state index in [1.165, 1.54) is 10.5 Å². The van der Waals surface area contributed by atoms with Crippen molar-refractivity contribution in [2.24, 2.45) is 5.92 Å². The summed E-state index contributed by atoms with van der Waals surface area (Å²) in [5.74, 6) is 1.05. The third-order valence-corrected chi connectivity index (χ3v) is 5.38. The fourth-order valence-electron chi connectivity index (χ4n) is 1.95. The first-order valence-electron chi connectivity index (χ1n) is 5.60. The van der Waals surface area contributed by atoms with E-state index in [0.717, 1.165) is 12.8 Å². The molecule has 0 amide bonds. The Balaban J connectivity index is 2.13. The van der Waals surface area contributed by atoms with E-state index >= 15 is 0 Å². The molecule has 0 bridgehead atoms. The molecular weight excluding hydrogens is 260 g/mol. The molecule has 0 radical (unpaired) electrons. The summed E-state index contributed by atoms with van der Waals surface area (Å²) in [6.45, 7) is 1.10. The quantitative estimate of drug-likeness (QED) is 0.789. The second-order valence-electron chi connectivity index (χ2n) is 4.19. The normalized spacial score (nSPS) is 19.4. The van der Waals surface area contributed by atoms with Gasteiger partial charge >= 0.3 is 0 Å². The zero-order chi connectivity index (χ0) is 12.3. The fourth-order valence-corrected chi connectivity index (χ4v) is 3.70. The topological polar surface area (TPSA) is 50.3 Å². The van der Waals surface area contributed by atoms with Crippen LogP contribution in [0, 0.1) is 5.92 Å². The molecule has 17 heavy (non-hydrogen) atoms. The maximum Gasteiger partial charge on any atom is 0.244 e. The molecule has 1 aliphatic heterocycles. The maximum absolute atomic E-state index is 12.2. The van der Waals surface area contributed by atoms with E-state index in [0.29, 0.717) is 24.9 Å². The monoisotopic (exact) mass is 274 g/mol. The fraction of sp³-hybridized carbons (Fsp3) is 0.545. The van der Waals surface area contributed by atoms with E-state index in [-0.39, 0.29) is 4.90 Å². The zero-order valence-electron chi connectivity index (χ0n) is 9.42. The highest BCUT2D eigenvalue weighted by Gasteiger charge is 2.28. The number of alkyl halides is 1. The zero-order valence-corrected chi connectivity index (χ0v) is 11.0. The van der Waals surface area contributed by atoms with E-state index in [1.807, 2.05) is 0 Å². The van der Waals surface area contributed by atoms with Gasteiger partial charge in [-0.2, -0.15) is 4.31 Å². The van der Waals surface area contributed by atoms with Gasteiger partial charge in [0.25, 0.3) is 0 Å². The molecule has 0 unspecified atom stereocenters. The average Bonchev–Trinajstić information content (AvgIpc) is 2.40. The van der Waals surface area contributed by atoms with Crippen LogP contribution < -0.4 is 0 Å². The Bertz CT molecular complexity index is 456. The SMILES string of the molecule is O=S(=O)(c1cccnc1)N1CCC(CCl)CC1. The average molecular weight is 275 g/mol. The van der Waals surface area contributed by atoms with Gasteiger partial charge in [0.2, 0.25) is 10.0 Å². The minimum atomic E-state index is -3.37. The van der Waals surface area contributed by atoms with Crippen LogP contribution in [0.3, 0.4) is 0 Å². The number of hydrogen-bond donors (Lipinski definition) is 0. The van der Waals surface area contributed by atoms with Gasteiger partial charge in [0.05, 0.1) is 0 Å². The molecule has 0 spiro atoms. The van der Waals surface area contributed by atoms with E-state index in [9.17, 15) is 8.42 Å². The highest BCUT2D eigenvalue weighted by atomic mass is 35.5. The Hall–Kier alpha value is -0.650. The maximum atomic E-state index is 12.2. The lowest BCUT2D eigenvalue weighted by atomic mass is 10.0. The number of sulfonamides is 1. The van der Waals surface area contributed by atoms with Crippen molar-refractivity contribution in [3.05, 3.63) is 24.5 Å². The summed E-state index contributed by atoms with van der Waals surface area (Å²) >= 11 is 5.78. The minimum Gasteiger partial charge on any atom is -0.263 e. The number of aromatic nitrogens is 1. The van der Waals surface area contributed by atoms with Crippen LogP contribution in [0.25, 0.3) is 0 Å². The van der Waals surface area contributed by atoms with Crippen molar-refractivity contribution >= 4 is 21.6 Å². The molecule has 1 aromatic heterocycles. The number of halogens is 1. The van der Waals surface area contributed by atoms with Crippen molar-refractivity contribution in [1.29, 1.82) is 0 Å². The van der Waals surface area contributed by atoms with Gasteiger partial charge in [-0.25, -0.2) is 8.42 Å². The predicted molar refractivity (Wildman–Crippen MR) is 66.4 cm³/mol. The summed E-state index contributed by atoms with van der Waals surface area (Å²) in [4.78, 5) is 4.12. The molecule has 0 aliphatic carbocycles. The molecule has 1 aromatic rings. The molecule has 1 aliphatic rings. The number of hydrogen-bond acceptors (Lipinski definition) is 3. The summed E-state index contributed by atoms with van der Waals surface area (Å²) in [6.07, 6.45) is 4.63. The molecule has 0 atom stereocenters. The Morgan fingerprint density at radius 2 is 2.12 bits per heavy atom. The van der Waals surface area contributed by atoms with E-state index in [1.54, 1.807) is 18.3 Å². The Morgan fingerprint density at radius 1 is 1.41 bits per heavy atom. The van der Waals surface area contributed by atoms with Gasteiger partial charge in [0.1, 0.15) is 4.90 Å².